The molecule has 304 valence electrons. The molecule has 3 N–H and O–H groups in total. The molecule has 0 radical (unpaired) electrons. The molecule has 4 amide bonds. The molecule has 3 saturated carbocycles. The van der Waals surface area contributed by atoms with Crippen molar-refractivity contribution in [1.29, 1.82) is 0 Å². The highest BCUT2D eigenvalue weighted by molar-refractivity contribution is 7.91. The number of carbonyl (C=O) groups is 4. The van der Waals surface area contributed by atoms with Crippen molar-refractivity contribution in [1.82, 2.24) is 25.2 Å². The molecular weight excluding hydrogens is 762 g/mol. The molecule has 7 atom stereocenters. The number of sulfonamides is 1. The van der Waals surface area contributed by atoms with E-state index in [1.165, 1.54) is 4.90 Å². The first-order chi connectivity index (χ1) is 26.4. The Kier molecular flexibility index (Phi) is 11.0. The number of hydrogen-bond donors (Lipinski definition) is 3. The van der Waals surface area contributed by atoms with Gasteiger partial charge in [-0.3, -0.25) is 19.1 Å². The average Bonchev–Trinajstić information content (AvgIpc) is 4.01. The zero-order valence-corrected chi connectivity index (χ0v) is 34.1. The van der Waals surface area contributed by atoms with Gasteiger partial charge in [0.25, 0.3) is 5.91 Å². The first-order valence-corrected chi connectivity index (χ1v) is 21.6. The highest BCUT2D eigenvalue weighted by Gasteiger charge is 2.62. The van der Waals surface area contributed by atoms with Crippen LogP contribution in [-0.2, 0) is 29.1 Å². The number of carbonyl (C=O) groups excluding carboxylic acids is 4. The highest BCUT2D eigenvalue weighted by atomic mass is 35.5. The van der Waals surface area contributed by atoms with Gasteiger partial charge in [-0.15, -0.1) is 0 Å². The van der Waals surface area contributed by atoms with Crippen LogP contribution < -0.4 is 24.8 Å². The molecule has 2 aliphatic heterocycles. The number of rotatable bonds is 8. The lowest BCUT2D eigenvalue weighted by molar-refractivity contribution is -0.142. The predicted molar refractivity (Wildman–Crippen MR) is 208 cm³/mol. The second-order valence-electron chi connectivity index (χ2n) is 17.3. The summed E-state index contributed by atoms with van der Waals surface area (Å²) in [6, 6.07) is 3.14. The van der Waals surface area contributed by atoms with E-state index in [0.717, 1.165) is 19.3 Å². The monoisotopic (exact) mass is 813 g/mol. The van der Waals surface area contributed by atoms with Crippen LogP contribution in [0.1, 0.15) is 92.4 Å². The summed E-state index contributed by atoms with van der Waals surface area (Å²) in [6.07, 6.45) is 9.03. The van der Waals surface area contributed by atoms with E-state index in [9.17, 15) is 27.6 Å². The fraction of sp³-hybridized carbons (Fsp3) is 0.625. The third-order valence-corrected chi connectivity index (χ3v) is 13.3. The smallest absolute Gasteiger partial charge is 0.408 e. The van der Waals surface area contributed by atoms with E-state index in [0.29, 0.717) is 47.2 Å². The standard InChI is InChI=1S/C40H52ClN5O9S/c1-22-9-6-7-10-24-19-40(24,37(49)45-56(51,52)27-15-16-27)44-34(47)30-18-26(21-46(30)36(48)33(23(2)17-22)43-38(50)55-39(3,4)5)54-35-28-11-8-12-29(41)32(28)31(20-42-35)53-25-13-14-25/h7-8,10-12,20,22-27,30,33H,6,9,13-19,21H2,1-5H3,(H,43,50)(H,44,47)(H,45,49)/b10-7-/t22-,23-,24-,26-,30+,33+,40-/m1/s1. The maximum absolute atomic E-state index is 14.8. The van der Waals surface area contributed by atoms with Gasteiger partial charge in [0.1, 0.15) is 35.1 Å². The van der Waals surface area contributed by atoms with Crippen molar-refractivity contribution >= 4 is 56.2 Å². The average molecular weight is 814 g/mol. The Balaban J connectivity index is 1.22. The van der Waals surface area contributed by atoms with E-state index in [1.807, 2.05) is 25.1 Å². The molecular formula is C40H52ClN5O9S. The van der Waals surface area contributed by atoms with Gasteiger partial charge in [0.05, 0.1) is 29.1 Å². The molecule has 14 nitrogen and oxygen atoms in total. The maximum atomic E-state index is 14.8. The van der Waals surface area contributed by atoms with Gasteiger partial charge in [-0.2, -0.15) is 0 Å². The Morgan fingerprint density at radius 3 is 2.48 bits per heavy atom. The first kappa shape index (κ1) is 40.1. The molecule has 3 aliphatic carbocycles. The molecule has 0 bridgehead atoms. The van der Waals surface area contributed by atoms with Crippen molar-refractivity contribution in [2.45, 2.75) is 133 Å². The second kappa shape index (κ2) is 15.3. The first-order valence-electron chi connectivity index (χ1n) is 19.7. The van der Waals surface area contributed by atoms with Crippen molar-refractivity contribution in [2.75, 3.05) is 6.54 Å². The third-order valence-electron chi connectivity index (χ3n) is 11.2. The van der Waals surface area contributed by atoms with E-state index < -0.39 is 74.3 Å². The van der Waals surface area contributed by atoms with Crippen LogP contribution >= 0.6 is 11.6 Å². The van der Waals surface area contributed by atoms with Gasteiger partial charge in [-0.25, -0.2) is 18.2 Å². The van der Waals surface area contributed by atoms with Gasteiger partial charge in [0, 0.05) is 23.1 Å². The number of pyridine rings is 1. The number of nitrogens with zero attached hydrogens (tertiary/aromatic N) is 2. The summed E-state index contributed by atoms with van der Waals surface area (Å²) in [5, 5.41) is 6.76. The fourth-order valence-electron chi connectivity index (χ4n) is 7.84. The number of benzene rings is 1. The van der Waals surface area contributed by atoms with Crippen LogP contribution in [0.25, 0.3) is 10.8 Å². The molecule has 0 spiro atoms. The fourth-order valence-corrected chi connectivity index (χ4v) is 9.47. The Morgan fingerprint density at radius 1 is 1.04 bits per heavy atom. The zero-order chi connectivity index (χ0) is 40.2. The summed E-state index contributed by atoms with van der Waals surface area (Å²) in [6.45, 7) is 9.12. The van der Waals surface area contributed by atoms with Crippen LogP contribution in [0.5, 0.6) is 11.6 Å². The Labute approximate surface area is 332 Å². The van der Waals surface area contributed by atoms with E-state index in [2.05, 4.69) is 27.3 Å². The number of halogens is 1. The van der Waals surface area contributed by atoms with Gasteiger partial charge in [0.15, 0.2) is 0 Å². The maximum Gasteiger partial charge on any atom is 0.408 e. The van der Waals surface area contributed by atoms with Crippen LogP contribution in [0.3, 0.4) is 0 Å². The van der Waals surface area contributed by atoms with Crippen LogP contribution in [-0.4, -0.2) is 89.3 Å². The third kappa shape index (κ3) is 8.88. The lowest BCUT2D eigenvalue weighted by Crippen LogP contribution is -2.59. The van der Waals surface area contributed by atoms with Crippen LogP contribution in [0.15, 0.2) is 36.5 Å². The molecule has 3 heterocycles. The second-order valence-corrected chi connectivity index (χ2v) is 19.7. The van der Waals surface area contributed by atoms with Gasteiger partial charge < -0.3 is 29.7 Å². The minimum Gasteiger partial charge on any atom is -0.488 e. The predicted octanol–water partition coefficient (Wildman–Crippen LogP) is 5.17. The highest BCUT2D eigenvalue weighted by Crippen LogP contribution is 2.46. The van der Waals surface area contributed by atoms with Crippen molar-refractivity contribution in [3.8, 4) is 11.6 Å². The molecule has 5 aliphatic rings. The van der Waals surface area contributed by atoms with E-state index in [1.54, 1.807) is 39.1 Å². The summed E-state index contributed by atoms with van der Waals surface area (Å²) in [5.41, 5.74) is -2.35. The molecule has 1 saturated heterocycles. The minimum atomic E-state index is -3.91. The number of hydrogen-bond acceptors (Lipinski definition) is 10. The SMILES string of the molecule is C[C@@H]1CC/C=C\[C@@H]2C[C@@]2(C(=O)NS(=O)(=O)C2CC2)NC(=O)[C@@H]2C[C@@H](Oc3ncc(OC4CC4)c4c(Cl)cccc34)CN2C(=O)[C@@H](NC(=O)OC(C)(C)C)[C@H](C)C1. The molecule has 16 heteroatoms. The Bertz CT molecular complexity index is 2030. The van der Waals surface area contributed by atoms with E-state index in [4.69, 9.17) is 25.8 Å². The van der Waals surface area contributed by atoms with Crippen molar-refractivity contribution < 1.29 is 41.8 Å². The largest absolute Gasteiger partial charge is 0.488 e. The van der Waals surface area contributed by atoms with Crippen molar-refractivity contribution in [2.24, 2.45) is 17.8 Å². The molecule has 2 aromatic rings. The van der Waals surface area contributed by atoms with Gasteiger partial charge in [-0.1, -0.05) is 43.7 Å². The van der Waals surface area contributed by atoms with Crippen molar-refractivity contribution in [3.63, 3.8) is 0 Å². The van der Waals surface area contributed by atoms with Crippen molar-refractivity contribution in [3.05, 3.63) is 41.6 Å². The van der Waals surface area contributed by atoms with E-state index in [-0.39, 0.29) is 43.2 Å². The van der Waals surface area contributed by atoms with E-state index >= 15 is 0 Å². The summed E-state index contributed by atoms with van der Waals surface area (Å²) in [4.78, 5) is 62.3. The van der Waals surface area contributed by atoms with Crippen LogP contribution in [0, 0.1) is 17.8 Å². The number of aromatic nitrogens is 1. The number of ether oxygens (including phenoxy) is 3. The van der Waals surface area contributed by atoms with Crippen LogP contribution in [0.2, 0.25) is 5.02 Å². The lowest BCUT2D eigenvalue weighted by Gasteiger charge is -2.33. The number of alkyl carbamates (subject to hydrolysis) is 1. The van der Waals surface area contributed by atoms with Gasteiger partial charge in [0.2, 0.25) is 27.7 Å². The minimum absolute atomic E-state index is 0.0180. The van der Waals surface area contributed by atoms with Crippen LogP contribution in [0.4, 0.5) is 4.79 Å². The summed E-state index contributed by atoms with van der Waals surface area (Å²) in [5.74, 6) is -1.82. The topological polar surface area (TPSA) is 182 Å². The quantitative estimate of drug-likeness (QED) is 0.301. The number of amides is 4. The summed E-state index contributed by atoms with van der Waals surface area (Å²) < 4.78 is 46.2. The van der Waals surface area contributed by atoms with Gasteiger partial charge in [-0.05, 0) is 96.1 Å². The normalized spacial score (nSPS) is 30.5. The summed E-state index contributed by atoms with van der Waals surface area (Å²) in [7, 11) is -3.91. The Morgan fingerprint density at radius 2 is 1.79 bits per heavy atom. The number of nitrogens with one attached hydrogen (secondary N) is 3. The van der Waals surface area contributed by atoms with Gasteiger partial charge >= 0.3 is 6.09 Å². The molecule has 7 rings (SSSR count). The Hall–Kier alpha value is -4.11. The summed E-state index contributed by atoms with van der Waals surface area (Å²) >= 11 is 6.67. The lowest BCUT2D eigenvalue weighted by atomic mass is 9.88. The number of allylic oxidation sites excluding steroid dienone is 1. The molecule has 1 aromatic heterocycles. The molecule has 0 unspecified atom stereocenters. The number of fused-ring (bicyclic) bond motifs is 3. The molecule has 56 heavy (non-hydrogen) atoms. The molecule has 1 aromatic carbocycles. The molecule has 4 fully saturated rings. The zero-order valence-electron chi connectivity index (χ0n) is 32.5.